The second kappa shape index (κ2) is 10.9. The topological polar surface area (TPSA) is 143 Å². The van der Waals surface area contributed by atoms with Crippen LogP contribution in [-0.4, -0.2) is 76.5 Å². The van der Waals surface area contributed by atoms with Crippen molar-refractivity contribution in [3.8, 4) is 11.4 Å². The zero-order valence-electron chi connectivity index (χ0n) is 22.3. The molecule has 11 nitrogen and oxygen atoms in total. The smallest absolute Gasteiger partial charge is 0.271 e. The largest absolute Gasteiger partial charge is 0.381 e. The number of ether oxygens (including phenoxy) is 2. The van der Waals surface area contributed by atoms with E-state index in [2.05, 4.69) is 42.8 Å². The first-order valence-electron chi connectivity index (χ1n) is 13.7. The minimum atomic E-state index is -0.654. The van der Waals surface area contributed by atoms with Crippen LogP contribution in [0, 0.1) is 12.3 Å². The van der Waals surface area contributed by atoms with Crippen LogP contribution in [0.15, 0.2) is 30.3 Å². The molecule has 11 heteroatoms. The Morgan fingerprint density at radius 2 is 1.79 bits per heavy atom. The van der Waals surface area contributed by atoms with Crippen molar-refractivity contribution < 1.29 is 14.3 Å². The molecule has 0 atom stereocenters. The summed E-state index contributed by atoms with van der Waals surface area (Å²) in [6.45, 7) is 7.87. The highest BCUT2D eigenvalue weighted by Crippen LogP contribution is 2.50. The van der Waals surface area contributed by atoms with Crippen LogP contribution >= 0.6 is 0 Å². The Labute approximate surface area is 227 Å². The summed E-state index contributed by atoms with van der Waals surface area (Å²) in [7, 11) is 0. The maximum absolute atomic E-state index is 12.5. The molecule has 206 valence electrons. The molecule has 3 aromatic rings. The quantitative estimate of drug-likeness (QED) is 0.344. The lowest BCUT2D eigenvalue weighted by Gasteiger charge is -2.50. The van der Waals surface area contributed by atoms with E-state index in [1.165, 1.54) is 5.56 Å². The average Bonchev–Trinajstić information content (AvgIpc) is 3.36. The molecule has 0 bridgehead atoms. The van der Waals surface area contributed by atoms with Crippen molar-refractivity contribution >= 4 is 23.2 Å². The first-order valence-corrected chi connectivity index (χ1v) is 13.7. The summed E-state index contributed by atoms with van der Waals surface area (Å²) in [4.78, 5) is 24.4. The Bertz CT molecular complexity index is 1300. The molecule has 3 fully saturated rings. The number of aromatic amines is 1. The van der Waals surface area contributed by atoms with Crippen molar-refractivity contribution in [3.63, 3.8) is 0 Å². The first-order chi connectivity index (χ1) is 19.0. The van der Waals surface area contributed by atoms with E-state index in [0.717, 1.165) is 83.1 Å². The van der Waals surface area contributed by atoms with Gasteiger partial charge in [0.1, 0.15) is 11.4 Å². The molecule has 1 amide bonds. The number of hydrogen-bond donors (Lipinski definition) is 4. The number of nitrogens with zero attached hydrogens (tertiary/aromatic N) is 4. The van der Waals surface area contributed by atoms with Gasteiger partial charge < -0.3 is 25.8 Å². The van der Waals surface area contributed by atoms with Gasteiger partial charge in [0, 0.05) is 50.3 Å². The van der Waals surface area contributed by atoms with E-state index in [0.29, 0.717) is 28.4 Å². The normalized spacial score (nSPS) is 19.5. The number of rotatable bonds is 8. The van der Waals surface area contributed by atoms with Crippen LogP contribution in [0.25, 0.3) is 11.4 Å². The van der Waals surface area contributed by atoms with Gasteiger partial charge in [0.15, 0.2) is 17.3 Å². The van der Waals surface area contributed by atoms with Crippen LogP contribution < -0.4 is 16.4 Å². The number of amides is 1. The number of primary amides is 1. The third kappa shape index (κ3) is 5.75. The molecule has 6 rings (SSSR count). The van der Waals surface area contributed by atoms with E-state index in [4.69, 9.17) is 20.2 Å². The molecule has 0 radical (unpaired) electrons. The van der Waals surface area contributed by atoms with Gasteiger partial charge in [-0.1, -0.05) is 12.1 Å². The number of morpholine rings is 1. The average molecular weight is 533 g/mol. The third-order valence-electron chi connectivity index (χ3n) is 8.06. The highest BCUT2D eigenvalue weighted by Gasteiger charge is 2.45. The van der Waals surface area contributed by atoms with Crippen molar-refractivity contribution in [2.24, 2.45) is 11.1 Å². The summed E-state index contributed by atoms with van der Waals surface area (Å²) in [5.41, 5.74) is 10.2. The highest BCUT2D eigenvalue weighted by atomic mass is 16.5. The van der Waals surface area contributed by atoms with Gasteiger partial charge in [-0.15, -0.1) is 0 Å². The fourth-order valence-corrected chi connectivity index (χ4v) is 5.85. The number of aryl methyl sites for hydroxylation is 1. The second-order valence-electron chi connectivity index (χ2n) is 11.0. The van der Waals surface area contributed by atoms with Crippen LogP contribution in [0.1, 0.15) is 47.4 Å². The number of carbonyl (C=O) groups is 1. The van der Waals surface area contributed by atoms with E-state index in [-0.39, 0.29) is 11.7 Å². The van der Waals surface area contributed by atoms with E-state index < -0.39 is 5.91 Å². The van der Waals surface area contributed by atoms with Crippen LogP contribution in [0.5, 0.6) is 0 Å². The number of H-pyrrole nitrogens is 1. The molecule has 3 aliphatic rings. The van der Waals surface area contributed by atoms with Crippen LogP contribution in [0.3, 0.4) is 0 Å². The van der Waals surface area contributed by atoms with Gasteiger partial charge in [-0.25, -0.2) is 9.97 Å². The first kappa shape index (κ1) is 25.7. The zero-order chi connectivity index (χ0) is 26.8. The predicted octanol–water partition coefficient (Wildman–Crippen LogP) is 3.22. The summed E-state index contributed by atoms with van der Waals surface area (Å²) in [5, 5.41) is 14.2. The number of hydrogen-bond acceptors (Lipinski definition) is 9. The molecule has 1 aromatic carbocycles. The number of aromatic nitrogens is 4. The van der Waals surface area contributed by atoms with Gasteiger partial charge in [0.25, 0.3) is 5.91 Å². The maximum Gasteiger partial charge on any atom is 0.271 e. The van der Waals surface area contributed by atoms with E-state index in [1.807, 2.05) is 25.1 Å². The molecule has 1 spiro atoms. The number of nitrogens with one attached hydrogen (secondary N) is 3. The van der Waals surface area contributed by atoms with E-state index in [9.17, 15) is 4.79 Å². The Kier molecular flexibility index (Phi) is 7.20. The number of benzene rings is 1. The van der Waals surface area contributed by atoms with Crippen LogP contribution in [0.2, 0.25) is 0 Å². The van der Waals surface area contributed by atoms with Crippen LogP contribution in [-0.2, 0) is 16.0 Å². The molecule has 1 saturated carbocycles. The van der Waals surface area contributed by atoms with Gasteiger partial charge in [-0.05, 0) is 61.8 Å². The third-order valence-corrected chi connectivity index (χ3v) is 8.06. The Morgan fingerprint density at radius 1 is 1.08 bits per heavy atom. The van der Waals surface area contributed by atoms with E-state index >= 15 is 0 Å². The summed E-state index contributed by atoms with van der Waals surface area (Å²) in [6, 6.07) is 10.3. The predicted molar refractivity (Wildman–Crippen MR) is 148 cm³/mol. The lowest BCUT2D eigenvalue weighted by atomic mass is 9.61. The minimum absolute atomic E-state index is 0.0723. The summed E-state index contributed by atoms with van der Waals surface area (Å²) < 4.78 is 11.0. The molecule has 2 saturated heterocycles. The standard InChI is InChI=1S/C28H36N8O3/c1-18-14-22(35-34-18)23-26(31-21-15-28(16-21)6-10-38-11-7-28)33-27(24(32-23)25(29)37)30-20-4-2-19(3-5-20)17-36-8-12-39-13-9-36/h2-5,14,21H,6-13,15-17H2,1H3,(H2,29,37)(H,34,35)(H2,30,31,33). The van der Waals surface area contributed by atoms with Crippen molar-refractivity contribution in [1.29, 1.82) is 0 Å². The Hall–Kier alpha value is -3.54. The Morgan fingerprint density at radius 3 is 2.46 bits per heavy atom. The molecule has 5 N–H and O–H groups in total. The molecule has 2 aromatic heterocycles. The number of carbonyl (C=O) groups excluding carboxylic acids is 1. The molecule has 0 unspecified atom stereocenters. The summed E-state index contributed by atoms with van der Waals surface area (Å²) >= 11 is 0. The molecule has 2 aliphatic heterocycles. The van der Waals surface area contributed by atoms with Crippen molar-refractivity contribution in [2.75, 3.05) is 50.2 Å². The van der Waals surface area contributed by atoms with Crippen molar-refractivity contribution in [1.82, 2.24) is 25.1 Å². The zero-order valence-corrected chi connectivity index (χ0v) is 22.3. The fraction of sp³-hybridized carbons (Fsp3) is 0.500. The van der Waals surface area contributed by atoms with Crippen LogP contribution in [0.4, 0.5) is 17.3 Å². The van der Waals surface area contributed by atoms with Gasteiger partial charge >= 0.3 is 0 Å². The molecule has 39 heavy (non-hydrogen) atoms. The lowest BCUT2D eigenvalue weighted by molar-refractivity contribution is -0.0342. The number of anilines is 3. The Balaban J connectivity index is 1.25. The van der Waals surface area contributed by atoms with Gasteiger partial charge in [0.2, 0.25) is 0 Å². The molecule has 1 aliphatic carbocycles. The molecule has 4 heterocycles. The van der Waals surface area contributed by atoms with Gasteiger partial charge in [-0.3, -0.25) is 14.8 Å². The van der Waals surface area contributed by atoms with Crippen molar-refractivity contribution in [2.45, 2.75) is 45.2 Å². The monoisotopic (exact) mass is 532 g/mol. The molecular weight excluding hydrogens is 496 g/mol. The van der Waals surface area contributed by atoms with Gasteiger partial charge in [0.05, 0.1) is 13.2 Å². The lowest BCUT2D eigenvalue weighted by Crippen LogP contribution is -2.48. The highest BCUT2D eigenvalue weighted by molar-refractivity contribution is 5.97. The number of nitrogens with two attached hydrogens (primary N) is 1. The van der Waals surface area contributed by atoms with Crippen molar-refractivity contribution in [3.05, 3.63) is 47.3 Å². The summed E-state index contributed by atoms with van der Waals surface area (Å²) in [6.07, 6.45) is 4.30. The SMILES string of the molecule is Cc1cc(-c2nc(C(N)=O)c(Nc3ccc(CN4CCOCC4)cc3)nc2NC2CC3(CCOCC3)C2)n[nH]1. The fourth-order valence-electron chi connectivity index (χ4n) is 5.85. The maximum atomic E-state index is 12.5. The minimum Gasteiger partial charge on any atom is -0.381 e. The summed E-state index contributed by atoms with van der Waals surface area (Å²) in [5.74, 6) is 0.255. The molecular formula is C28H36N8O3. The van der Waals surface area contributed by atoms with E-state index in [1.54, 1.807) is 0 Å². The second-order valence-corrected chi connectivity index (χ2v) is 11.0. The van der Waals surface area contributed by atoms with Gasteiger partial charge in [-0.2, -0.15) is 5.10 Å².